The van der Waals surface area contributed by atoms with Gasteiger partial charge >= 0.3 is 12.1 Å². The molecule has 0 bridgehead atoms. The van der Waals surface area contributed by atoms with Gasteiger partial charge in [-0.05, 0) is 54.4 Å². The van der Waals surface area contributed by atoms with Crippen LogP contribution in [0.1, 0.15) is 38.8 Å². The summed E-state index contributed by atoms with van der Waals surface area (Å²) in [6.07, 6.45) is -0.778. The second-order valence-electron chi connectivity index (χ2n) is 5.57. The molecule has 0 saturated heterocycles. The highest BCUT2D eigenvalue weighted by molar-refractivity contribution is 9.10. The van der Waals surface area contributed by atoms with Gasteiger partial charge in [-0.3, -0.25) is 10.1 Å². The van der Waals surface area contributed by atoms with Crippen LogP contribution in [0.2, 0.25) is 0 Å². The Bertz CT molecular complexity index is 540. The number of amides is 1. The van der Waals surface area contributed by atoms with E-state index in [1.54, 1.807) is 39.0 Å². The molecule has 7 heteroatoms. The van der Waals surface area contributed by atoms with E-state index in [2.05, 4.69) is 21.2 Å². The fourth-order valence-corrected chi connectivity index (χ4v) is 1.93. The molecule has 4 N–H and O–H groups in total. The van der Waals surface area contributed by atoms with Crippen LogP contribution in [0.5, 0.6) is 0 Å². The molecular weight excluding hydrogens is 340 g/mol. The van der Waals surface area contributed by atoms with Crippen molar-refractivity contribution < 1.29 is 19.4 Å². The average Bonchev–Trinajstić information content (AvgIpc) is 2.28. The zero-order valence-corrected chi connectivity index (χ0v) is 13.7. The summed E-state index contributed by atoms with van der Waals surface area (Å²) in [6, 6.07) is 4.39. The molecular formula is C14H19BrN2O4. The number of carboxylic acids is 1. The highest BCUT2D eigenvalue weighted by Gasteiger charge is 2.18. The number of rotatable bonds is 4. The average molecular weight is 359 g/mol. The Morgan fingerprint density at radius 3 is 2.57 bits per heavy atom. The zero-order chi connectivity index (χ0) is 16.2. The summed E-state index contributed by atoms with van der Waals surface area (Å²) in [5, 5.41) is 11.4. The van der Waals surface area contributed by atoms with E-state index in [9.17, 15) is 9.59 Å². The molecule has 0 heterocycles. The van der Waals surface area contributed by atoms with Gasteiger partial charge in [0.2, 0.25) is 0 Å². The van der Waals surface area contributed by atoms with Crippen LogP contribution in [-0.4, -0.2) is 22.8 Å². The number of ether oxygens (including phenoxy) is 1. The molecule has 1 aromatic rings. The second kappa shape index (κ2) is 6.91. The Morgan fingerprint density at radius 1 is 1.43 bits per heavy atom. The van der Waals surface area contributed by atoms with E-state index in [0.29, 0.717) is 15.7 Å². The third kappa shape index (κ3) is 6.14. The summed E-state index contributed by atoms with van der Waals surface area (Å²) in [6.45, 7) is 5.29. The number of nitrogens with one attached hydrogen (secondary N) is 1. The maximum absolute atomic E-state index is 11.8. The fraction of sp³-hybridized carbons (Fsp3) is 0.429. The molecule has 0 aliphatic carbocycles. The lowest BCUT2D eigenvalue weighted by Crippen LogP contribution is -2.27. The molecule has 1 atom stereocenters. The van der Waals surface area contributed by atoms with Gasteiger partial charge in [-0.15, -0.1) is 0 Å². The first-order valence-corrected chi connectivity index (χ1v) is 7.14. The molecule has 6 nitrogen and oxygen atoms in total. The van der Waals surface area contributed by atoms with E-state index in [4.69, 9.17) is 15.6 Å². The number of anilines is 1. The highest BCUT2D eigenvalue weighted by Crippen LogP contribution is 2.27. The predicted octanol–water partition coefficient (Wildman–Crippen LogP) is 3.27. The molecule has 0 radical (unpaired) electrons. The summed E-state index contributed by atoms with van der Waals surface area (Å²) in [7, 11) is 0. The van der Waals surface area contributed by atoms with Gasteiger partial charge in [0.1, 0.15) is 5.60 Å². The Labute approximate surface area is 131 Å². The van der Waals surface area contributed by atoms with E-state index >= 15 is 0 Å². The minimum Gasteiger partial charge on any atom is -0.481 e. The van der Waals surface area contributed by atoms with Crippen LogP contribution in [0.25, 0.3) is 0 Å². The number of hydrogen-bond donors (Lipinski definition) is 3. The zero-order valence-electron chi connectivity index (χ0n) is 12.1. The summed E-state index contributed by atoms with van der Waals surface area (Å²) < 4.78 is 5.82. The van der Waals surface area contributed by atoms with Crippen LogP contribution >= 0.6 is 15.9 Å². The Balaban J connectivity index is 2.87. The van der Waals surface area contributed by atoms with Gasteiger partial charge in [0.15, 0.2) is 0 Å². The van der Waals surface area contributed by atoms with Crippen molar-refractivity contribution in [1.82, 2.24) is 0 Å². The Morgan fingerprint density at radius 2 is 2.05 bits per heavy atom. The summed E-state index contributed by atoms with van der Waals surface area (Å²) in [4.78, 5) is 22.5. The second-order valence-corrected chi connectivity index (χ2v) is 6.42. The minimum absolute atomic E-state index is 0.187. The third-order valence-corrected chi connectivity index (χ3v) is 3.14. The van der Waals surface area contributed by atoms with Crippen molar-refractivity contribution in [3.8, 4) is 0 Å². The van der Waals surface area contributed by atoms with E-state index in [1.807, 2.05) is 0 Å². The molecule has 21 heavy (non-hydrogen) atoms. The van der Waals surface area contributed by atoms with Gasteiger partial charge in [0.05, 0.1) is 12.1 Å². The van der Waals surface area contributed by atoms with Crippen molar-refractivity contribution in [2.24, 2.45) is 5.73 Å². The van der Waals surface area contributed by atoms with E-state index in [-0.39, 0.29) is 6.42 Å². The number of carboxylic acid groups (broad SMARTS) is 1. The normalized spacial score (nSPS) is 12.6. The maximum Gasteiger partial charge on any atom is 0.412 e. The van der Waals surface area contributed by atoms with Gasteiger partial charge in [-0.1, -0.05) is 6.07 Å². The van der Waals surface area contributed by atoms with Crippen molar-refractivity contribution >= 4 is 33.7 Å². The van der Waals surface area contributed by atoms with Crippen LogP contribution in [0.4, 0.5) is 10.5 Å². The molecule has 1 amide bonds. The van der Waals surface area contributed by atoms with Crippen molar-refractivity contribution in [1.29, 1.82) is 0 Å². The Hall–Kier alpha value is -1.60. The van der Waals surface area contributed by atoms with Crippen LogP contribution < -0.4 is 11.1 Å². The van der Waals surface area contributed by atoms with Gasteiger partial charge in [0, 0.05) is 10.5 Å². The number of benzene rings is 1. The van der Waals surface area contributed by atoms with Crippen LogP contribution in [-0.2, 0) is 9.53 Å². The molecule has 0 aliphatic rings. The monoisotopic (exact) mass is 358 g/mol. The minimum atomic E-state index is -0.980. The van der Waals surface area contributed by atoms with Gasteiger partial charge in [-0.25, -0.2) is 4.79 Å². The summed E-state index contributed by atoms with van der Waals surface area (Å²) in [5.41, 5.74) is 6.30. The first kappa shape index (κ1) is 17.5. The largest absolute Gasteiger partial charge is 0.481 e. The lowest BCUT2D eigenvalue weighted by Gasteiger charge is -2.20. The van der Waals surface area contributed by atoms with Crippen molar-refractivity contribution in [3.05, 3.63) is 28.2 Å². The number of carbonyl (C=O) groups is 2. The topological polar surface area (TPSA) is 102 Å². The first-order valence-electron chi connectivity index (χ1n) is 6.35. The third-order valence-electron chi connectivity index (χ3n) is 2.45. The Kier molecular flexibility index (Phi) is 5.74. The molecule has 0 aliphatic heterocycles. The first-order chi connectivity index (χ1) is 9.58. The molecule has 1 aromatic carbocycles. The number of carbonyl (C=O) groups excluding carboxylic acids is 1. The SMILES string of the molecule is CC(C)(C)OC(=O)Nc1cc(C(N)CC(=O)O)ccc1Br. The predicted molar refractivity (Wildman–Crippen MR) is 83.2 cm³/mol. The van der Waals surface area contributed by atoms with Crippen molar-refractivity contribution in [2.75, 3.05) is 5.32 Å². The van der Waals surface area contributed by atoms with E-state index in [1.165, 1.54) is 0 Å². The van der Waals surface area contributed by atoms with E-state index < -0.39 is 23.7 Å². The summed E-state index contributed by atoms with van der Waals surface area (Å²) in [5.74, 6) is -0.980. The molecule has 0 fully saturated rings. The number of aliphatic carboxylic acids is 1. The van der Waals surface area contributed by atoms with Gasteiger partial charge in [0.25, 0.3) is 0 Å². The lowest BCUT2D eigenvalue weighted by atomic mass is 10.0. The molecule has 1 rings (SSSR count). The fourth-order valence-electron chi connectivity index (χ4n) is 1.59. The number of hydrogen-bond acceptors (Lipinski definition) is 4. The maximum atomic E-state index is 11.8. The highest BCUT2D eigenvalue weighted by atomic mass is 79.9. The number of halogens is 1. The van der Waals surface area contributed by atoms with Crippen LogP contribution in [0, 0.1) is 0 Å². The standard InChI is InChI=1S/C14H19BrN2O4/c1-14(2,3)21-13(20)17-11-6-8(4-5-9(11)15)10(16)7-12(18)19/h4-6,10H,7,16H2,1-3H3,(H,17,20)(H,18,19). The van der Waals surface area contributed by atoms with Gasteiger partial charge in [-0.2, -0.15) is 0 Å². The van der Waals surface area contributed by atoms with Crippen molar-refractivity contribution in [2.45, 2.75) is 38.8 Å². The smallest absolute Gasteiger partial charge is 0.412 e. The molecule has 0 aromatic heterocycles. The van der Waals surface area contributed by atoms with Crippen LogP contribution in [0.3, 0.4) is 0 Å². The molecule has 1 unspecified atom stereocenters. The molecule has 0 saturated carbocycles. The van der Waals surface area contributed by atoms with E-state index in [0.717, 1.165) is 0 Å². The summed E-state index contributed by atoms with van der Waals surface area (Å²) >= 11 is 3.31. The quantitative estimate of drug-likeness (QED) is 0.766. The number of nitrogens with two attached hydrogens (primary N) is 1. The molecule has 0 spiro atoms. The van der Waals surface area contributed by atoms with Crippen LogP contribution in [0.15, 0.2) is 22.7 Å². The lowest BCUT2D eigenvalue weighted by molar-refractivity contribution is -0.137. The molecule has 116 valence electrons. The van der Waals surface area contributed by atoms with Crippen molar-refractivity contribution in [3.63, 3.8) is 0 Å². The van der Waals surface area contributed by atoms with Gasteiger partial charge < -0.3 is 15.6 Å².